The Bertz CT molecular complexity index is 574. The predicted octanol–water partition coefficient (Wildman–Crippen LogP) is 0.900. The number of carbonyl (C=O) groups excluding carboxylic acids is 2. The van der Waals surface area contributed by atoms with Crippen LogP contribution in [0, 0.1) is 0 Å². The number of rotatable bonds is 4. The Morgan fingerprint density at radius 2 is 1.79 bits per heavy atom. The molecule has 2 heterocycles. The van der Waals surface area contributed by atoms with Gasteiger partial charge in [0.15, 0.2) is 0 Å². The van der Waals surface area contributed by atoms with Crippen molar-refractivity contribution in [3.8, 4) is 0 Å². The average molecular weight is 345 g/mol. The fourth-order valence-corrected chi connectivity index (χ4v) is 2.39. The summed E-state index contributed by atoms with van der Waals surface area (Å²) < 4.78 is 36.8. The van der Waals surface area contributed by atoms with Gasteiger partial charge in [-0.1, -0.05) is 0 Å². The number of piperazine rings is 1. The molecule has 2 rings (SSSR count). The second-order valence-electron chi connectivity index (χ2n) is 5.45. The van der Waals surface area contributed by atoms with Gasteiger partial charge in [-0.2, -0.15) is 13.2 Å². The number of halogens is 3. The summed E-state index contributed by atoms with van der Waals surface area (Å²) in [6.07, 6.45) is -2.96. The number of hydrogen-bond donors (Lipinski definition) is 1. The molecule has 24 heavy (non-hydrogen) atoms. The second kappa shape index (κ2) is 7.56. The van der Waals surface area contributed by atoms with E-state index in [0.717, 1.165) is 0 Å². The number of alkyl halides is 3. The molecule has 1 unspecified atom stereocenters. The van der Waals surface area contributed by atoms with Gasteiger partial charge in [-0.15, -0.1) is 0 Å². The topological polar surface area (TPSA) is 78.4 Å². The maximum atomic E-state index is 12.3. The van der Waals surface area contributed by atoms with Crippen molar-refractivity contribution >= 4 is 17.8 Å². The van der Waals surface area contributed by atoms with Gasteiger partial charge in [0.1, 0.15) is 6.42 Å². The van der Waals surface area contributed by atoms with Gasteiger partial charge in [0, 0.05) is 38.6 Å². The molecule has 1 aromatic heterocycles. The van der Waals surface area contributed by atoms with Crippen LogP contribution in [0.3, 0.4) is 0 Å². The third kappa shape index (κ3) is 5.15. The van der Waals surface area contributed by atoms with Gasteiger partial charge >= 0.3 is 6.18 Å². The molecule has 10 heteroatoms. The molecule has 0 spiro atoms. The normalized spacial score (nSPS) is 17.4. The van der Waals surface area contributed by atoms with E-state index in [-0.39, 0.29) is 24.9 Å². The Morgan fingerprint density at radius 1 is 1.21 bits per heavy atom. The molecule has 0 aliphatic carbocycles. The molecule has 0 bridgehead atoms. The van der Waals surface area contributed by atoms with Crippen molar-refractivity contribution in [1.29, 1.82) is 0 Å². The first kappa shape index (κ1) is 18.1. The standard InChI is InChI=1S/C14H18F3N5O2/c1-10(12(24)20-13-18-3-2-4-19-13)21-5-7-22(8-6-21)11(23)9-14(15,16)17/h2-4,10H,5-9H2,1H3,(H,18,19,20,24). The Labute approximate surface area is 136 Å². The summed E-state index contributed by atoms with van der Waals surface area (Å²) in [5.41, 5.74) is 0. The summed E-state index contributed by atoms with van der Waals surface area (Å²) in [6.45, 7) is 2.66. The first-order valence-corrected chi connectivity index (χ1v) is 7.43. The number of aromatic nitrogens is 2. The third-order valence-corrected chi connectivity index (χ3v) is 3.75. The van der Waals surface area contributed by atoms with Crippen molar-refractivity contribution in [2.45, 2.75) is 25.6 Å². The third-order valence-electron chi connectivity index (χ3n) is 3.75. The highest BCUT2D eigenvalue weighted by atomic mass is 19.4. The molecule has 1 N–H and O–H groups in total. The zero-order chi connectivity index (χ0) is 17.7. The van der Waals surface area contributed by atoms with E-state index in [2.05, 4.69) is 15.3 Å². The molecule has 132 valence electrons. The summed E-state index contributed by atoms with van der Waals surface area (Å²) >= 11 is 0. The molecule has 1 aliphatic heterocycles. The highest BCUT2D eigenvalue weighted by Crippen LogP contribution is 2.21. The van der Waals surface area contributed by atoms with E-state index in [0.29, 0.717) is 13.1 Å². The highest BCUT2D eigenvalue weighted by molar-refractivity contribution is 5.93. The largest absolute Gasteiger partial charge is 0.397 e. The van der Waals surface area contributed by atoms with Gasteiger partial charge in [0.2, 0.25) is 17.8 Å². The van der Waals surface area contributed by atoms with E-state index >= 15 is 0 Å². The lowest BCUT2D eigenvalue weighted by molar-refractivity contribution is -0.162. The molecule has 1 aromatic rings. The first-order chi connectivity index (χ1) is 11.3. The summed E-state index contributed by atoms with van der Waals surface area (Å²) in [6, 6.07) is 1.12. The lowest BCUT2D eigenvalue weighted by Gasteiger charge is -2.37. The van der Waals surface area contributed by atoms with Crippen molar-refractivity contribution in [3.05, 3.63) is 18.5 Å². The number of amides is 2. The van der Waals surface area contributed by atoms with Crippen molar-refractivity contribution in [3.63, 3.8) is 0 Å². The van der Waals surface area contributed by atoms with Crippen LogP contribution in [0.2, 0.25) is 0 Å². The van der Waals surface area contributed by atoms with Gasteiger partial charge in [-0.05, 0) is 13.0 Å². The van der Waals surface area contributed by atoms with Crippen LogP contribution in [0.4, 0.5) is 19.1 Å². The molecule has 0 saturated carbocycles. The zero-order valence-corrected chi connectivity index (χ0v) is 13.1. The van der Waals surface area contributed by atoms with Crippen LogP contribution in [0.25, 0.3) is 0 Å². The fourth-order valence-electron chi connectivity index (χ4n) is 2.39. The van der Waals surface area contributed by atoms with Crippen LogP contribution in [0.5, 0.6) is 0 Å². The maximum Gasteiger partial charge on any atom is 0.397 e. The summed E-state index contributed by atoms with van der Waals surface area (Å²) in [7, 11) is 0. The SMILES string of the molecule is CC(C(=O)Nc1ncccn1)N1CCN(C(=O)CC(F)(F)F)CC1. The maximum absolute atomic E-state index is 12.3. The lowest BCUT2D eigenvalue weighted by atomic mass is 10.2. The first-order valence-electron chi connectivity index (χ1n) is 7.43. The molecule has 2 amide bonds. The minimum atomic E-state index is -4.50. The molecular weight excluding hydrogens is 327 g/mol. The van der Waals surface area contributed by atoms with Crippen LogP contribution in [-0.4, -0.2) is 70.0 Å². The fraction of sp³-hybridized carbons (Fsp3) is 0.571. The van der Waals surface area contributed by atoms with E-state index in [1.165, 1.54) is 17.3 Å². The molecular formula is C14H18F3N5O2. The number of carbonyl (C=O) groups is 2. The van der Waals surface area contributed by atoms with Gasteiger partial charge in [-0.25, -0.2) is 9.97 Å². The zero-order valence-electron chi connectivity index (χ0n) is 13.1. The van der Waals surface area contributed by atoms with Crippen LogP contribution in [0.1, 0.15) is 13.3 Å². The minimum absolute atomic E-state index is 0.161. The molecule has 0 aromatic carbocycles. The Balaban J connectivity index is 1.83. The van der Waals surface area contributed by atoms with Crippen LogP contribution in [0.15, 0.2) is 18.5 Å². The second-order valence-corrected chi connectivity index (χ2v) is 5.45. The number of nitrogens with zero attached hydrogens (tertiary/aromatic N) is 4. The van der Waals surface area contributed by atoms with E-state index < -0.39 is 24.5 Å². The van der Waals surface area contributed by atoms with Crippen LogP contribution in [-0.2, 0) is 9.59 Å². The molecule has 1 aliphatic rings. The van der Waals surface area contributed by atoms with Crippen molar-refractivity contribution in [1.82, 2.24) is 19.8 Å². The number of nitrogens with one attached hydrogen (secondary N) is 1. The quantitative estimate of drug-likeness (QED) is 0.877. The van der Waals surface area contributed by atoms with Crippen LogP contribution < -0.4 is 5.32 Å². The lowest BCUT2D eigenvalue weighted by Crippen LogP contribution is -2.54. The van der Waals surface area contributed by atoms with Crippen LogP contribution >= 0.6 is 0 Å². The number of anilines is 1. The van der Waals surface area contributed by atoms with Gasteiger partial charge in [0.05, 0.1) is 6.04 Å². The van der Waals surface area contributed by atoms with Crippen molar-refractivity contribution < 1.29 is 22.8 Å². The molecule has 1 atom stereocenters. The minimum Gasteiger partial charge on any atom is -0.340 e. The Hall–Kier alpha value is -2.23. The van der Waals surface area contributed by atoms with Gasteiger partial charge in [-0.3, -0.25) is 19.8 Å². The monoisotopic (exact) mass is 345 g/mol. The Morgan fingerprint density at radius 3 is 2.33 bits per heavy atom. The molecule has 1 fully saturated rings. The van der Waals surface area contributed by atoms with E-state index in [1.54, 1.807) is 17.9 Å². The van der Waals surface area contributed by atoms with E-state index in [1.807, 2.05) is 0 Å². The summed E-state index contributed by atoms with van der Waals surface area (Å²) in [5.74, 6) is -1.05. The van der Waals surface area contributed by atoms with Crippen molar-refractivity contribution in [2.75, 3.05) is 31.5 Å². The average Bonchev–Trinajstić information content (AvgIpc) is 2.53. The highest BCUT2D eigenvalue weighted by Gasteiger charge is 2.35. The Kier molecular flexibility index (Phi) is 5.71. The molecule has 0 radical (unpaired) electrons. The van der Waals surface area contributed by atoms with Gasteiger partial charge in [0.25, 0.3) is 0 Å². The summed E-state index contributed by atoms with van der Waals surface area (Å²) in [4.78, 5) is 34.5. The van der Waals surface area contributed by atoms with E-state index in [4.69, 9.17) is 0 Å². The molecule has 1 saturated heterocycles. The molecule has 7 nitrogen and oxygen atoms in total. The smallest absolute Gasteiger partial charge is 0.340 e. The van der Waals surface area contributed by atoms with Gasteiger partial charge < -0.3 is 4.90 Å². The number of hydrogen-bond acceptors (Lipinski definition) is 5. The van der Waals surface area contributed by atoms with E-state index in [9.17, 15) is 22.8 Å². The van der Waals surface area contributed by atoms with Crippen molar-refractivity contribution in [2.24, 2.45) is 0 Å². The summed E-state index contributed by atoms with van der Waals surface area (Å²) in [5, 5.41) is 2.57. The predicted molar refractivity (Wildman–Crippen MR) is 78.9 cm³/mol.